The molecule has 1 saturated heterocycles. The molecule has 0 unspecified atom stereocenters. The lowest BCUT2D eigenvalue weighted by Crippen LogP contribution is -2.33. The van der Waals surface area contributed by atoms with Gasteiger partial charge in [-0.05, 0) is 44.8 Å². The molecule has 1 aromatic carbocycles. The zero-order valence-corrected chi connectivity index (χ0v) is 14.5. The van der Waals surface area contributed by atoms with Crippen LogP contribution in [0.2, 0.25) is 0 Å². The highest BCUT2D eigenvalue weighted by atomic mass is 15.0. The second kappa shape index (κ2) is 7.15. The van der Waals surface area contributed by atoms with E-state index in [-0.39, 0.29) is 0 Å². The maximum absolute atomic E-state index is 4.87. The van der Waals surface area contributed by atoms with Crippen molar-refractivity contribution in [1.82, 2.24) is 20.3 Å². The van der Waals surface area contributed by atoms with Crippen molar-refractivity contribution < 1.29 is 0 Å². The summed E-state index contributed by atoms with van der Waals surface area (Å²) in [7, 11) is 0. The van der Waals surface area contributed by atoms with Gasteiger partial charge < -0.3 is 10.6 Å². The third kappa shape index (κ3) is 3.61. The molecule has 0 radical (unpaired) electrons. The fourth-order valence-electron chi connectivity index (χ4n) is 3.33. The van der Waals surface area contributed by atoms with E-state index in [9.17, 15) is 0 Å². The van der Waals surface area contributed by atoms with Crippen molar-refractivity contribution in [3.05, 3.63) is 48.4 Å². The van der Waals surface area contributed by atoms with E-state index >= 15 is 0 Å². The number of pyridine rings is 1. The summed E-state index contributed by atoms with van der Waals surface area (Å²) < 4.78 is 0. The highest BCUT2D eigenvalue weighted by Crippen LogP contribution is 2.26. The molecule has 25 heavy (non-hydrogen) atoms. The van der Waals surface area contributed by atoms with Crippen LogP contribution >= 0.6 is 0 Å². The zero-order chi connectivity index (χ0) is 17.1. The Bertz CT molecular complexity index is 854. The number of nitrogens with one attached hydrogen (secondary N) is 2. The minimum absolute atomic E-state index is 0.637. The van der Waals surface area contributed by atoms with Gasteiger partial charge in [0.15, 0.2) is 0 Å². The Morgan fingerprint density at radius 1 is 1.24 bits per heavy atom. The van der Waals surface area contributed by atoms with Crippen LogP contribution in [0.5, 0.6) is 0 Å². The van der Waals surface area contributed by atoms with Crippen LogP contribution < -0.4 is 10.6 Å². The number of anilines is 1. The fraction of sp³-hybridized carbons (Fsp3) is 0.350. The van der Waals surface area contributed by atoms with Gasteiger partial charge in [0, 0.05) is 18.3 Å². The van der Waals surface area contributed by atoms with Crippen LogP contribution in [0.3, 0.4) is 0 Å². The van der Waals surface area contributed by atoms with E-state index in [2.05, 4.69) is 51.8 Å². The first-order valence-corrected chi connectivity index (χ1v) is 8.92. The second-order valence-electron chi connectivity index (χ2n) is 6.77. The largest absolute Gasteiger partial charge is 0.369 e. The molecule has 128 valence electrons. The molecule has 0 saturated carbocycles. The fourth-order valence-corrected chi connectivity index (χ4v) is 3.33. The number of piperidine rings is 1. The van der Waals surface area contributed by atoms with E-state index in [4.69, 9.17) is 4.98 Å². The van der Waals surface area contributed by atoms with Crippen LogP contribution in [0.1, 0.15) is 18.4 Å². The second-order valence-corrected chi connectivity index (χ2v) is 6.77. The van der Waals surface area contributed by atoms with E-state index in [1.165, 1.54) is 18.4 Å². The molecule has 2 N–H and O–H groups in total. The number of nitrogens with zero attached hydrogens (tertiary/aromatic N) is 3. The summed E-state index contributed by atoms with van der Waals surface area (Å²) in [5.74, 6) is 1.51. The molecule has 0 spiro atoms. The minimum atomic E-state index is 0.637. The number of aromatic nitrogens is 3. The van der Waals surface area contributed by atoms with Gasteiger partial charge in [-0.15, -0.1) is 0 Å². The predicted molar refractivity (Wildman–Crippen MR) is 102 cm³/mol. The van der Waals surface area contributed by atoms with Gasteiger partial charge in [0.25, 0.3) is 0 Å². The molecule has 4 rings (SSSR count). The van der Waals surface area contributed by atoms with E-state index in [0.29, 0.717) is 5.92 Å². The highest BCUT2D eigenvalue weighted by Gasteiger charge is 2.14. The van der Waals surface area contributed by atoms with Crippen molar-refractivity contribution in [3.63, 3.8) is 0 Å². The summed E-state index contributed by atoms with van der Waals surface area (Å²) >= 11 is 0. The lowest BCUT2D eigenvalue weighted by atomic mass is 10.00. The molecule has 2 aromatic heterocycles. The maximum atomic E-state index is 4.87. The smallest absolute Gasteiger partial charge is 0.137 e. The van der Waals surface area contributed by atoms with Gasteiger partial charge in [0.1, 0.15) is 12.1 Å². The molecule has 3 heterocycles. The first-order chi connectivity index (χ1) is 12.3. The molecule has 0 bridgehead atoms. The Balaban J connectivity index is 1.67. The number of hydrogen-bond acceptors (Lipinski definition) is 5. The summed E-state index contributed by atoms with van der Waals surface area (Å²) in [5.41, 5.74) is 4.21. The van der Waals surface area contributed by atoms with Crippen molar-refractivity contribution in [3.8, 4) is 11.3 Å². The molecule has 5 heteroatoms. The quantitative estimate of drug-likeness (QED) is 0.766. The summed E-state index contributed by atoms with van der Waals surface area (Å²) in [5, 5.41) is 7.99. The monoisotopic (exact) mass is 333 g/mol. The van der Waals surface area contributed by atoms with Crippen molar-refractivity contribution in [2.75, 3.05) is 25.0 Å². The van der Waals surface area contributed by atoms with Crippen molar-refractivity contribution in [1.29, 1.82) is 0 Å². The van der Waals surface area contributed by atoms with Crippen LogP contribution in [-0.2, 0) is 0 Å². The average Bonchev–Trinajstić information content (AvgIpc) is 2.67. The van der Waals surface area contributed by atoms with E-state index < -0.39 is 0 Å². The lowest BCUT2D eigenvalue weighted by molar-refractivity contribution is 0.393. The number of fused-ring (bicyclic) bond motifs is 1. The number of benzene rings is 1. The third-order valence-electron chi connectivity index (χ3n) is 4.81. The van der Waals surface area contributed by atoms with Crippen molar-refractivity contribution in [2.24, 2.45) is 5.92 Å². The van der Waals surface area contributed by atoms with Crippen LogP contribution in [0.25, 0.3) is 22.2 Å². The number of rotatable bonds is 4. The number of aryl methyl sites for hydroxylation is 1. The average molecular weight is 333 g/mol. The van der Waals surface area contributed by atoms with Crippen LogP contribution in [0, 0.1) is 12.8 Å². The SMILES string of the molecule is Cc1ccc(-c2cc3ncncc3c(NC[C@H]3CCCNC3)n2)cc1. The van der Waals surface area contributed by atoms with Gasteiger partial charge in [-0.25, -0.2) is 15.0 Å². The third-order valence-corrected chi connectivity index (χ3v) is 4.81. The van der Waals surface area contributed by atoms with Crippen LogP contribution in [0.4, 0.5) is 5.82 Å². The van der Waals surface area contributed by atoms with E-state index in [1.54, 1.807) is 6.33 Å². The molecule has 3 aromatic rings. The molecule has 1 fully saturated rings. The normalized spacial score (nSPS) is 17.6. The molecular formula is C20H23N5. The van der Waals surface area contributed by atoms with Gasteiger partial charge >= 0.3 is 0 Å². The predicted octanol–water partition coefficient (Wildman–Crippen LogP) is 3.41. The Morgan fingerprint density at radius 2 is 2.12 bits per heavy atom. The summed E-state index contributed by atoms with van der Waals surface area (Å²) in [6.07, 6.45) is 5.94. The number of hydrogen-bond donors (Lipinski definition) is 2. The Hall–Kier alpha value is -2.53. The molecule has 1 aliphatic heterocycles. The molecule has 0 amide bonds. The summed E-state index contributed by atoms with van der Waals surface area (Å²) in [6.45, 7) is 5.21. The van der Waals surface area contributed by atoms with Crippen molar-refractivity contribution in [2.45, 2.75) is 19.8 Å². The maximum Gasteiger partial charge on any atom is 0.137 e. The Kier molecular flexibility index (Phi) is 4.57. The van der Waals surface area contributed by atoms with Gasteiger partial charge in [0.05, 0.1) is 16.6 Å². The van der Waals surface area contributed by atoms with E-state index in [1.807, 2.05) is 12.3 Å². The van der Waals surface area contributed by atoms with Gasteiger partial charge in [0.2, 0.25) is 0 Å². The first kappa shape index (κ1) is 16.0. The van der Waals surface area contributed by atoms with Gasteiger partial charge in [-0.1, -0.05) is 29.8 Å². The lowest BCUT2D eigenvalue weighted by Gasteiger charge is -2.23. The molecule has 5 nitrogen and oxygen atoms in total. The highest BCUT2D eigenvalue weighted by molar-refractivity contribution is 5.91. The minimum Gasteiger partial charge on any atom is -0.369 e. The molecule has 1 atom stereocenters. The van der Waals surface area contributed by atoms with Crippen LogP contribution in [-0.4, -0.2) is 34.6 Å². The first-order valence-electron chi connectivity index (χ1n) is 8.92. The van der Waals surface area contributed by atoms with Gasteiger partial charge in [-0.3, -0.25) is 0 Å². The Labute approximate surface area is 147 Å². The summed E-state index contributed by atoms with van der Waals surface area (Å²) in [4.78, 5) is 13.5. The van der Waals surface area contributed by atoms with Crippen molar-refractivity contribution >= 4 is 16.7 Å². The summed E-state index contributed by atoms with van der Waals surface area (Å²) in [6, 6.07) is 10.5. The topological polar surface area (TPSA) is 62.7 Å². The zero-order valence-electron chi connectivity index (χ0n) is 14.5. The molecule has 0 aliphatic carbocycles. The molecule has 1 aliphatic rings. The standard InChI is InChI=1S/C20H23N5/c1-14-4-6-16(7-5-14)18-9-19-17(12-22-13-24-19)20(25-18)23-11-15-3-2-8-21-10-15/h4-7,9,12-13,15,21H,2-3,8,10-11H2,1H3,(H,23,25)/t15-/m0/s1. The van der Waals surface area contributed by atoms with Crippen LogP contribution in [0.15, 0.2) is 42.9 Å². The molecular weight excluding hydrogens is 310 g/mol. The van der Waals surface area contributed by atoms with Gasteiger partial charge in [-0.2, -0.15) is 0 Å². The Morgan fingerprint density at radius 3 is 2.92 bits per heavy atom. The van der Waals surface area contributed by atoms with E-state index in [0.717, 1.165) is 47.6 Å².